The van der Waals surface area contributed by atoms with Gasteiger partial charge in [-0.15, -0.1) is 0 Å². The van der Waals surface area contributed by atoms with Gasteiger partial charge in [0.25, 0.3) is 0 Å². The maximum atomic E-state index is 9.16. The highest BCUT2D eigenvalue weighted by molar-refractivity contribution is 5.27. The number of aliphatic hydroxyl groups is 1. The van der Waals surface area contributed by atoms with Crippen LogP contribution in [-0.2, 0) is 6.42 Å². The molecule has 90 valence electrons. The first-order valence-corrected chi connectivity index (χ1v) is 5.66. The highest BCUT2D eigenvalue weighted by Gasteiger charge is 2.04. The van der Waals surface area contributed by atoms with Gasteiger partial charge in [0.15, 0.2) is 0 Å². The molecular weight excluding hydrogens is 202 g/mol. The van der Waals surface area contributed by atoms with E-state index in [1.807, 2.05) is 12.1 Å². The van der Waals surface area contributed by atoms with Gasteiger partial charge in [0.2, 0.25) is 0 Å². The average molecular weight is 223 g/mol. The molecule has 0 heterocycles. The number of nitrogens with one attached hydrogen (secondary N) is 1. The fourth-order valence-electron chi connectivity index (χ4n) is 1.56. The van der Waals surface area contributed by atoms with Crippen LogP contribution in [0.25, 0.3) is 0 Å². The van der Waals surface area contributed by atoms with Crippen LogP contribution in [0.15, 0.2) is 24.3 Å². The van der Waals surface area contributed by atoms with Gasteiger partial charge in [-0.2, -0.15) is 0 Å². The lowest BCUT2D eigenvalue weighted by Gasteiger charge is -2.15. The molecule has 1 aromatic rings. The first-order valence-electron chi connectivity index (χ1n) is 5.66. The van der Waals surface area contributed by atoms with Crippen molar-refractivity contribution in [3.63, 3.8) is 0 Å². The van der Waals surface area contributed by atoms with Crippen molar-refractivity contribution in [2.24, 2.45) is 0 Å². The fraction of sp³-hybridized carbons (Fsp3) is 0.538. The second-order valence-electron chi connectivity index (χ2n) is 4.21. The Balaban J connectivity index is 2.40. The first-order chi connectivity index (χ1) is 7.61. The maximum absolute atomic E-state index is 9.16. The molecule has 2 N–H and O–H groups in total. The van der Waals surface area contributed by atoms with Crippen LogP contribution >= 0.6 is 0 Å². The van der Waals surface area contributed by atoms with E-state index >= 15 is 0 Å². The quantitative estimate of drug-likeness (QED) is 0.769. The fourth-order valence-corrected chi connectivity index (χ4v) is 1.56. The summed E-state index contributed by atoms with van der Waals surface area (Å²) >= 11 is 0. The van der Waals surface area contributed by atoms with Crippen LogP contribution in [0.4, 0.5) is 0 Å². The molecule has 0 fully saturated rings. The van der Waals surface area contributed by atoms with Gasteiger partial charge in [-0.05, 0) is 38.0 Å². The van der Waals surface area contributed by atoms with Crippen LogP contribution in [0, 0.1) is 0 Å². The van der Waals surface area contributed by atoms with E-state index in [9.17, 15) is 0 Å². The van der Waals surface area contributed by atoms with E-state index in [1.165, 1.54) is 5.56 Å². The minimum absolute atomic E-state index is 0.293. The monoisotopic (exact) mass is 223 g/mol. The Hall–Kier alpha value is -1.06. The van der Waals surface area contributed by atoms with E-state index in [0.29, 0.717) is 12.6 Å². The summed E-state index contributed by atoms with van der Waals surface area (Å²) in [6, 6.07) is 8.44. The molecule has 0 aromatic heterocycles. The standard InChI is InChI=1S/C13H21NO2/c1-10(14-9-11(2)15)8-12-4-6-13(16-3)7-5-12/h4-7,10-11,14-15H,8-9H2,1-3H3. The van der Waals surface area contributed by atoms with Crippen molar-refractivity contribution in [3.8, 4) is 5.75 Å². The Morgan fingerprint density at radius 3 is 2.38 bits per heavy atom. The second-order valence-corrected chi connectivity index (χ2v) is 4.21. The molecule has 2 unspecified atom stereocenters. The topological polar surface area (TPSA) is 41.5 Å². The molecule has 3 nitrogen and oxygen atoms in total. The average Bonchev–Trinajstić information content (AvgIpc) is 2.27. The summed E-state index contributed by atoms with van der Waals surface area (Å²) in [6.07, 6.45) is 0.662. The van der Waals surface area contributed by atoms with Gasteiger partial charge in [0.1, 0.15) is 5.75 Å². The largest absolute Gasteiger partial charge is 0.497 e. The number of methoxy groups -OCH3 is 1. The molecule has 2 atom stereocenters. The number of benzene rings is 1. The number of aliphatic hydroxyl groups excluding tert-OH is 1. The van der Waals surface area contributed by atoms with Crippen LogP contribution in [0.3, 0.4) is 0 Å². The summed E-state index contributed by atoms with van der Waals surface area (Å²) in [5, 5.41) is 12.4. The predicted octanol–water partition coefficient (Wildman–Crippen LogP) is 1.60. The summed E-state index contributed by atoms with van der Waals surface area (Å²) < 4.78 is 5.10. The Morgan fingerprint density at radius 1 is 1.25 bits per heavy atom. The lowest BCUT2D eigenvalue weighted by molar-refractivity contribution is 0.187. The van der Waals surface area contributed by atoms with E-state index in [-0.39, 0.29) is 6.10 Å². The SMILES string of the molecule is COc1ccc(CC(C)NCC(C)O)cc1. The van der Waals surface area contributed by atoms with E-state index in [1.54, 1.807) is 14.0 Å². The molecule has 1 aromatic carbocycles. The molecule has 0 saturated carbocycles. The molecule has 3 heteroatoms. The van der Waals surface area contributed by atoms with Crippen LogP contribution in [0.1, 0.15) is 19.4 Å². The maximum Gasteiger partial charge on any atom is 0.118 e. The highest BCUT2D eigenvalue weighted by atomic mass is 16.5. The van der Waals surface area contributed by atoms with Gasteiger partial charge < -0.3 is 15.2 Å². The number of hydrogen-bond donors (Lipinski definition) is 2. The smallest absolute Gasteiger partial charge is 0.118 e. The van der Waals surface area contributed by atoms with Crippen LogP contribution in [0.2, 0.25) is 0 Å². The molecule has 0 aliphatic rings. The highest BCUT2D eigenvalue weighted by Crippen LogP contribution is 2.12. The number of ether oxygens (including phenoxy) is 1. The summed E-state index contributed by atoms with van der Waals surface area (Å²) in [5.41, 5.74) is 1.27. The lowest BCUT2D eigenvalue weighted by Crippen LogP contribution is -2.33. The van der Waals surface area contributed by atoms with E-state index in [4.69, 9.17) is 9.84 Å². The zero-order valence-electron chi connectivity index (χ0n) is 10.2. The summed E-state index contributed by atoms with van der Waals surface area (Å²) in [4.78, 5) is 0. The van der Waals surface area contributed by atoms with Crippen LogP contribution in [0.5, 0.6) is 5.75 Å². The Kier molecular flexibility index (Phi) is 5.29. The van der Waals surface area contributed by atoms with Gasteiger partial charge in [-0.25, -0.2) is 0 Å². The molecule has 0 aliphatic heterocycles. The number of rotatable bonds is 6. The minimum Gasteiger partial charge on any atom is -0.497 e. The second kappa shape index (κ2) is 6.51. The zero-order chi connectivity index (χ0) is 12.0. The van der Waals surface area contributed by atoms with Crippen molar-refractivity contribution in [1.29, 1.82) is 0 Å². The molecule has 0 amide bonds. The van der Waals surface area contributed by atoms with Crippen molar-refractivity contribution in [2.75, 3.05) is 13.7 Å². The molecule has 0 radical (unpaired) electrons. The van der Waals surface area contributed by atoms with E-state index in [0.717, 1.165) is 12.2 Å². The van der Waals surface area contributed by atoms with Gasteiger partial charge >= 0.3 is 0 Å². The zero-order valence-corrected chi connectivity index (χ0v) is 10.2. The molecule has 1 rings (SSSR count). The van der Waals surface area contributed by atoms with Gasteiger partial charge in [0, 0.05) is 12.6 Å². The third kappa shape index (κ3) is 4.64. The van der Waals surface area contributed by atoms with Crippen molar-refractivity contribution in [1.82, 2.24) is 5.32 Å². The molecule has 16 heavy (non-hydrogen) atoms. The van der Waals surface area contributed by atoms with Crippen molar-refractivity contribution in [3.05, 3.63) is 29.8 Å². The molecular formula is C13H21NO2. The molecule has 0 aliphatic carbocycles. The van der Waals surface area contributed by atoms with E-state index < -0.39 is 0 Å². The summed E-state index contributed by atoms with van der Waals surface area (Å²) in [7, 11) is 1.67. The normalized spacial score (nSPS) is 14.5. The van der Waals surface area contributed by atoms with Crippen molar-refractivity contribution in [2.45, 2.75) is 32.4 Å². The summed E-state index contributed by atoms with van der Waals surface area (Å²) in [5.74, 6) is 0.883. The lowest BCUT2D eigenvalue weighted by atomic mass is 10.1. The van der Waals surface area contributed by atoms with Crippen molar-refractivity contribution >= 4 is 0 Å². The Morgan fingerprint density at radius 2 is 1.88 bits per heavy atom. The predicted molar refractivity (Wildman–Crippen MR) is 65.8 cm³/mol. The van der Waals surface area contributed by atoms with Gasteiger partial charge in [0.05, 0.1) is 13.2 Å². The van der Waals surface area contributed by atoms with Gasteiger partial charge in [-0.3, -0.25) is 0 Å². The van der Waals surface area contributed by atoms with Crippen LogP contribution in [-0.4, -0.2) is 30.9 Å². The third-order valence-electron chi connectivity index (χ3n) is 2.46. The molecule has 0 spiro atoms. The van der Waals surface area contributed by atoms with E-state index in [2.05, 4.69) is 24.4 Å². The molecule has 0 bridgehead atoms. The number of hydrogen-bond acceptors (Lipinski definition) is 3. The third-order valence-corrected chi connectivity index (χ3v) is 2.46. The Bertz CT molecular complexity index is 295. The molecule has 0 saturated heterocycles. The Labute approximate surface area is 97.4 Å². The minimum atomic E-state index is -0.293. The van der Waals surface area contributed by atoms with Crippen LogP contribution < -0.4 is 10.1 Å². The first kappa shape index (κ1) is 13.0. The van der Waals surface area contributed by atoms with Crippen molar-refractivity contribution < 1.29 is 9.84 Å². The summed E-state index contributed by atoms with van der Waals surface area (Å²) in [6.45, 7) is 4.54. The van der Waals surface area contributed by atoms with Gasteiger partial charge in [-0.1, -0.05) is 12.1 Å².